The Kier molecular flexibility index (Phi) is 3.06. The van der Waals surface area contributed by atoms with E-state index in [2.05, 4.69) is 63.7 Å². The average Bonchev–Trinajstić information content (AvgIpc) is 2.19. The molecule has 0 saturated heterocycles. The van der Waals surface area contributed by atoms with Gasteiger partial charge in [-0.15, -0.1) is 0 Å². The molecule has 0 radical (unpaired) electrons. The standard InChI is InChI=1S/C8Br4F4/c9-3-1-2(4(10)6(12)5(3)11)8(15,16)7(1,13)14. The van der Waals surface area contributed by atoms with Crippen molar-refractivity contribution in [1.82, 2.24) is 0 Å². The van der Waals surface area contributed by atoms with Crippen LogP contribution < -0.4 is 0 Å². The molecule has 0 nitrogen and oxygen atoms in total. The molecule has 0 aliphatic heterocycles. The molecule has 0 N–H and O–H groups in total. The summed E-state index contributed by atoms with van der Waals surface area (Å²) in [5, 5.41) is 0. The summed E-state index contributed by atoms with van der Waals surface area (Å²) in [6, 6.07) is 0. The zero-order valence-corrected chi connectivity index (χ0v) is 13.4. The van der Waals surface area contributed by atoms with Crippen molar-refractivity contribution in [3.8, 4) is 0 Å². The van der Waals surface area contributed by atoms with Gasteiger partial charge in [0.2, 0.25) is 0 Å². The molecule has 0 unspecified atom stereocenters. The summed E-state index contributed by atoms with van der Waals surface area (Å²) < 4.78 is 53.3. The molecule has 0 spiro atoms. The van der Waals surface area contributed by atoms with Gasteiger partial charge < -0.3 is 0 Å². The first-order valence-corrected chi connectivity index (χ1v) is 6.93. The maximum atomic E-state index is 13.2. The lowest BCUT2D eigenvalue weighted by atomic mass is 9.80. The molecule has 1 aliphatic rings. The van der Waals surface area contributed by atoms with Crippen LogP contribution in [0.5, 0.6) is 0 Å². The van der Waals surface area contributed by atoms with Crippen molar-refractivity contribution in [2.75, 3.05) is 0 Å². The molecule has 88 valence electrons. The minimum atomic E-state index is -4.15. The van der Waals surface area contributed by atoms with Crippen LogP contribution in [0.4, 0.5) is 17.6 Å². The highest BCUT2D eigenvalue weighted by Gasteiger charge is 2.71. The van der Waals surface area contributed by atoms with Crippen molar-refractivity contribution < 1.29 is 17.6 Å². The Morgan fingerprint density at radius 2 is 0.812 bits per heavy atom. The van der Waals surface area contributed by atoms with E-state index in [1.54, 1.807) is 0 Å². The van der Waals surface area contributed by atoms with Crippen molar-refractivity contribution in [2.24, 2.45) is 0 Å². The van der Waals surface area contributed by atoms with E-state index in [0.717, 1.165) is 0 Å². The first-order valence-electron chi connectivity index (χ1n) is 3.76. The zero-order valence-electron chi connectivity index (χ0n) is 7.02. The number of halogens is 8. The second-order valence-electron chi connectivity index (χ2n) is 3.15. The van der Waals surface area contributed by atoms with Crippen LogP contribution in [0.1, 0.15) is 11.1 Å². The summed E-state index contributed by atoms with van der Waals surface area (Å²) in [5.41, 5.74) is -1.36. The first kappa shape index (κ1) is 13.3. The Labute approximate surface area is 121 Å². The zero-order chi connectivity index (χ0) is 12.5. The minimum absolute atomic E-state index is 0.0616. The van der Waals surface area contributed by atoms with Crippen LogP contribution in [-0.2, 0) is 11.8 Å². The molecule has 16 heavy (non-hydrogen) atoms. The van der Waals surface area contributed by atoms with E-state index in [1.165, 1.54) is 0 Å². The van der Waals surface area contributed by atoms with Crippen LogP contribution in [0.2, 0.25) is 0 Å². The predicted molar refractivity (Wildman–Crippen MR) is 65.0 cm³/mol. The number of fused-ring (bicyclic) bond motifs is 1. The number of benzene rings is 1. The van der Waals surface area contributed by atoms with Crippen LogP contribution in [-0.4, -0.2) is 0 Å². The van der Waals surface area contributed by atoms with Crippen LogP contribution in [0.3, 0.4) is 0 Å². The third-order valence-electron chi connectivity index (χ3n) is 2.29. The second-order valence-corrected chi connectivity index (χ2v) is 6.33. The van der Waals surface area contributed by atoms with Crippen LogP contribution in [0, 0.1) is 0 Å². The van der Waals surface area contributed by atoms with Gasteiger partial charge in [0.15, 0.2) is 0 Å². The van der Waals surface area contributed by atoms with Gasteiger partial charge in [0.05, 0.1) is 11.1 Å². The largest absolute Gasteiger partial charge is 0.341 e. The number of hydrogen-bond donors (Lipinski definition) is 0. The number of hydrogen-bond acceptors (Lipinski definition) is 0. The monoisotopic (exact) mass is 488 g/mol. The first-order chi connectivity index (χ1) is 7.14. The van der Waals surface area contributed by atoms with E-state index in [4.69, 9.17) is 0 Å². The molecular weight excluding hydrogens is 492 g/mol. The summed E-state index contributed by atoms with van der Waals surface area (Å²) in [4.78, 5) is 0. The summed E-state index contributed by atoms with van der Waals surface area (Å²) >= 11 is 11.8. The molecular formula is C8Br4F4. The van der Waals surface area contributed by atoms with E-state index in [0.29, 0.717) is 0 Å². The molecule has 0 aromatic heterocycles. The summed E-state index contributed by atoms with van der Waals surface area (Å²) in [6.45, 7) is 0. The van der Waals surface area contributed by atoms with Crippen LogP contribution in [0.25, 0.3) is 0 Å². The van der Waals surface area contributed by atoms with Gasteiger partial charge in [-0.05, 0) is 63.7 Å². The fourth-order valence-electron chi connectivity index (χ4n) is 1.47. The average molecular weight is 492 g/mol. The third-order valence-corrected chi connectivity index (χ3v) is 7.06. The highest BCUT2D eigenvalue weighted by atomic mass is 79.9. The van der Waals surface area contributed by atoms with Gasteiger partial charge >= 0.3 is 11.8 Å². The lowest BCUT2D eigenvalue weighted by Gasteiger charge is -2.40. The fraction of sp³-hybridized carbons (Fsp3) is 0.250. The van der Waals surface area contributed by atoms with Crippen LogP contribution >= 0.6 is 63.7 Å². The highest BCUT2D eigenvalue weighted by Crippen LogP contribution is 2.66. The van der Waals surface area contributed by atoms with Gasteiger partial charge in [-0.25, -0.2) is 0 Å². The Morgan fingerprint density at radius 1 is 0.562 bits per heavy atom. The SMILES string of the molecule is FC1(F)c2c(Br)c(Br)c(Br)c(Br)c2C1(F)F. The van der Waals surface area contributed by atoms with Gasteiger partial charge in [-0.2, -0.15) is 17.6 Å². The quantitative estimate of drug-likeness (QED) is 0.240. The summed E-state index contributed by atoms with van der Waals surface area (Å²) in [6.07, 6.45) is 0. The van der Waals surface area contributed by atoms with E-state index in [-0.39, 0.29) is 17.9 Å². The Morgan fingerprint density at radius 3 is 1.06 bits per heavy atom. The van der Waals surface area contributed by atoms with E-state index < -0.39 is 23.0 Å². The van der Waals surface area contributed by atoms with Gasteiger partial charge in [0.25, 0.3) is 0 Å². The highest BCUT2D eigenvalue weighted by molar-refractivity contribution is 9.15. The van der Waals surface area contributed by atoms with E-state index in [1.807, 2.05) is 0 Å². The lowest BCUT2D eigenvalue weighted by molar-refractivity contribution is -0.255. The molecule has 0 heterocycles. The van der Waals surface area contributed by atoms with E-state index >= 15 is 0 Å². The van der Waals surface area contributed by atoms with Crippen molar-refractivity contribution >= 4 is 63.7 Å². The van der Waals surface area contributed by atoms with Crippen LogP contribution in [0.15, 0.2) is 17.9 Å². The maximum absolute atomic E-state index is 13.2. The third kappa shape index (κ3) is 1.36. The Hall–Kier alpha value is 0.860. The molecule has 0 saturated carbocycles. The topological polar surface area (TPSA) is 0 Å². The van der Waals surface area contributed by atoms with Gasteiger partial charge in [0, 0.05) is 17.9 Å². The van der Waals surface area contributed by atoms with E-state index in [9.17, 15) is 17.6 Å². The van der Waals surface area contributed by atoms with Crippen molar-refractivity contribution in [1.29, 1.82) is 0 Å². The van der Waals surface area contributed by atoms with Gasteiger partial charge in [0.1, 0.15) is 0 Å². The Bertz CT molecular complexity index is 453. The van der Waals surface area contributed by atoms with Crippen molar-refractivity contribution in [3.63, 3.8) is 0 Å². The molecule has 0 amide bonds. The number of alkyl halides is 4. The molecule has 2 rings (SSSR count). The molecule has 0 bridgehead atoms. The fourth-order valence-corrected chi connectivity index (χ4v) is 4.09. The maximum Gasteiger partial charge on any atom is 0.341 e. The smallest absolute Gasteiger partial charge is 0.194 e. The van der Waals surface area contributed by atoms with Crippen molar-refractivity contribution in [2.45, 2.75) is 11.8 Å². The van der Waals surface area contributed by atoms with Gasteiger partial charge in [-0.1, -0.05) is 0 Å². The molecule has 0 fully saturated rings. The molecule has 1 aromatic rings. The summed E-state index contributed by atoms with van der Waals surface area (Å²) in [5.74, 6) is -8.29. The number of rotatable bonds is 0. The Balaban J connectivity index is 2.88. The lowest BCUT2D eigenvalue weighted by Crippen LogP contribution is -2.47. The minimum Gasteiger partial charge on any atom is -0.194 e. The second kappa shape index (κ2) is 3.68. The molecule has 1 aromatic carbocycles. The normalized spacial score (nSPS) is 20.2. The van der Waals surface area contributed by atoms with Crippen molar-refractivity contribution in [3.05, 3.63) is 29.0 Å². The summed E-state index contributed by atoms with van der Waals surface area (Å²) in [7, 11) is 0. The molecule has 1 aliphatic carbocycles. The van der Waals surface area contributed by atoms with Gasteiger partial charge in [-0.3, -0.25) is 0 Å². The predicted octanol–water partition coefficient (Wildman–Crippen LogP) is 5.93. The molecule has 8 heteroatoms. The molecule has 0 atom stereocenters.